The van der Waals surface area contributed by atoms with Gasteiger partial charge in [0, 0.05) is 55.1 Å². The van der Waals surface area contributed by atoms with Crippen molar-refractivity contribution in [1.82, 2.24) is 0 Å². The molecular weight excluding hydrogens is 845 g/mol. The third kappa shape index (κ3) is 6.47. The molecule has 13 rings (SSSR count). The summed E-state index contributed by atoms with van der Waals surface area (Å²) in [7, 11) is 0. The van der Waals surface area contributed by atoms with Gasteiger partial charge >= 0.3 is 0 Å². The van der Waals surface area contributed by atoms with E-state index < -0.39 is 0 Å². The van der Waals surface area contributed by atoms with E-state index in [1.54, 1.807) is 0 Å². The summed E-state index contributed by atoms with van der Waals surface area (Å²) >= 11 is 0. The molecule has 334 valence electrons. The molecule has 0 N–H and O–H groups in total. The van der Waals surface area contributed by atoms with Crippen molar-refractivity contribution in [3.05, 3.63) is 265 Å². The van der Waals surface area contributed by atoms with Crippen LogP contribution in [-0.2, 0) is 10.8 Å². The quantitative estimate of drug-likeness (QED) is 0.111. The molecule has 11 aromatic rings. The molecule has 0 fully saturated rings. The fourth-order valence-corrected chi connectivity index (χ4v) is 11.9. The summed E-state index contributed by atoms with van der Waals surface area (Å²) in [4.78, 5) is 5.05. The number of para-hydroxylation sites is 1. The normalized spacial score (nSPS) is 13.7. The summed E-state index contributed by atoms with van der Waals surface area (Å²) in [5.74, 6) is 0. The van der Waals surface area contributed by atoms with E-state index in [-0.39, 0.29) is 10.8 Å². The highest BCUT2D eigenvalue weighted by atomic mass is 15.2. The molecule has 0 unspecified atom stereocenters. The Hall–Kier alpha value is -8.46. The number of rotatable bonds is 8. The largest absolute Gasteiger partial charge is 0.309 e. The Morgan fingerprint density at radius 3 is 1.13 bits per heavy atom. The Morgan fingerprint density at radius 2 is 0.600 bits per heavy atom. The Kier molecular flexibility index (Phi) is 9.58. The minimum atomic E-state index is -0.113. The van der Waals surface area contributed by atoms with Crippen molar-refractivity contribution >= 4 is 55.7 Å². The van der Waals surface area contributed by atoms with Crippen LogP contribution in [0.2, 0.25) is 0 Å². The van der Waals surface area contributed by atoms with E-state index in [1.165, 1.54) is 82.9 Å². The highest BCUT2D eigenvalue weighted by molar-refractivity contribution is 6.24. The van der Waals surface area contributed by atoms with E-state index >= 15 is 0 Å². The Balaban J connectivity index is 1.12. The van der Waals surface area contributed by atoms with Gasteiger partial charge in [-0.05, 0) is 121 Å². The van der Waals surface area contributed by atoms with Crippen LogP contribution in [-0.4, -0.2) is 0 Å². The second kappa shape index (κ2) is 16.1. The number of benzene rings is 11. The molecule has 0 atom stereocenters. The highest BCUT2D eigenvalue weighted by Gasteiger charge is 2.38. The molecule has 2 heteroatoms. The first-order valence-corrected chi connectivity index (χ1v) is 24.6. The molecule has 0 aromatic heterocycles. The second-order valence-electron chi connectivity index (χ2n) is 20.1. The van der Waals surface area contributed by atoms with Gasteiger partial charge in [-0.25, -0.2) is 0 Å². The molecule has 0 saturated carbocycles. The summed E-state index contributed by atoms with van der Waals surface area (Å²) in [5.41, 5.74) is 21.9. The predicted octanol–water partition coefficient (Wildman–Crippen LogP) is 18.9. The minimum absolute atomic E-state index is 0.105. The van der Waals surface area contributed by atoms with Crippen LogP contribution in [0.3, 0.4) is 0 Å². The zero-order valence-electron chi connectivity index (χ0n) is 40.0. The lowest BCUT2D eigenvalue weighted by Gasteiger charge is -2.33. The average molecular weight is 897 g/mol. The summed E-state index contributed by atoms with van der Waals surface area (Å²) < 4.78 is 0. The Morgan fingerprint density at radius 1 is 0.243 bits per heavy atom. The van der Waals surface area contributed by atoms with Crippen molar-refractivity contribution < 1.29 is 0 Å². The molecule has 2 aliphatic rings. The topological polar surface area (TPSA) is 6.48 Å². The fraction of sp³-hybridized carbons (Fsp3) is 0.0882. The molecule has 0 bridgehead atoms. The molecule has 0 heterocycles. The van der Waals surface area contributed by atoms with Crippen LogP contribution in [0.4, 0.5) is 34.1 Å². The van der Waals surface area contributed by atoms with Crippen molar-refractivity contribution in [2.45, 2.75) is 38.5 Å². The van der Waals surface area contributed by atoms with Crippen molar-refractivity contribution in [2.24, 2.45) is 0 Å². The van der Waals surface area contributed by atoms with Gasteiger partial charge in [-0.1, -0.05) is 216 Å². The molecule has 2 aliphatic carbocycles. The second-order valence-corrected chi connectivity index (χ2v) is 20.1. The van der Waals surface area contributed by atoms with Gasteiger partial charge in [-0.15, -0.1) is 0 Å². The zero-order chi connectivity index (χ0) is 47.1. The van der Waals surface area contributed by atoms with Gasteiger partial charge in [0.05, 0.1) is 11.4 Å². The van der Waals surface area contributed by atoms with Crippen LogP contribution >= 0.6 is 0 Å². The average Bonchev–Trinajstić information content (AvgIpc) is 3.79. The number of hydrogen-bond donors (Lipinski definition) is 0. The van der Waals surface area contributed by atoms with Crippen LogP contribution in [0.15, 0.2) is 243 Å². The summed E-state index contributed by atoms with van der Waals surface area (Å²) in [6.07, 6.45) is 0. The van der Waals surface area contributed by atoms with E-state index in [0.717, 1.165) is 39.5 Å². The molecule has 2 nitrogen and oxygen atoms in total. The van der Waals surface area contributed by atoms with Crippen molar-refractivity contribution in [2.75, 3.05) is 9.80 Å². The van der Waals surface area contributed by atoms with Crippen molar-refractivity contribution in [3.63, 3.8) is 0 Å². The van der Waals surface area contributed by atoms with Gasteiger partial charge in [-0.3, -0.25) is 0 Å². The fourth-order valence-electron chi connectivity index (χ4n) is 11.9. The van der Waals surface area contributed by atoms with Crippen LogP contribution in [0.1, 0.15) is 49.9 Å². The predicted molar refractivity (Wildman–Crippen MR) is 297 cm³/mol. The van der Waals surface area contributed by atoms with E-state index in [4.69, 9.17) is 0 Å². The molecule has 0 aliphatic heterocycles. The molecule has 0 radical (unpaired) electrons. The van der Waals surface area contributed by atoms with Crippen LogP contribution < -0.4 is 9.80 Å². The molecule has 11 aromatic carbocycles. The first-order chi connectivity index (χ1) is 34.3. The van der Waals surface area contributed by atoms with E-state index in [0.29, 0.717) is 0 Å². The van der Waals surface area contributed by atoms with Crippen LogP contribution in [0, 0.1) is 0 Å². The minimum Gasteiger partial charge on any atom is -0.309 e. The Bertz CT molecular complexity index is 3810. The lowest BCUT2D eigenvalue weighted by atomic mass is 9.82. The van der Waals surface area contributed by atoms with Crippen molar-refractivity contribution in [1.29, 1.82) is 0 Å². The van der Waals surface area contributed by atoms with E-state index in [1.807, 2.05) is 0 Å². The smallest absolute Gasteiger partial charge is 0.0620 e. The molecule has 70 heavy (non-hydrogen) atoms. The maximum absolute atomic E-state index is 2.53. The lowest BCUT2D eigenvalue weighted by molar-refractivity contribution is 0.660. The zero-order valence-corrected chi connectivity index (χ0v) is 40.0. The first kappa shape index (κ1) is 41.7. The molecular formula is C68H52N2. The number of nitrogens with zero attached hydrogens (tertiary/aromatic N) is 2. The molecule has 0 spiro atoms. The van der Waals surface area contributed by atoms with Gasteiger partial charge in [0.2, 0.25) is 0 Å². The number of hydrogen-bond acceptors (Lipinski definition) is 2. The maximum Gasteiger partial charge on any atom is 0.0620 e. The Labute approximate surface area is 411 Å². The summed E-state index contributed by atoms with van der Waals surface area (Å²) in [6, 6.07) is 90.1. The SMILES string of the molecule is CC1(C)c2ccccc2-c2cc(N(c3ccc(-c4ccccc4)cc3)c3c4ccccc4c(N(c4ccccc4)c4ccc5c(c4)-c4ccccc4C5(C)C)c4cc(-c5ccccc5)ccc34)ccc21. The van der Waals surface area contributed by atoms with E-state index in [2.05, 4.69) is 280 Å². The van der Waals surface area contributed by atoms with E-state index in [9.17, 15) is 0 Å². The van der Waals surface area contributed by atoms with Crippen LogP contribution in [0.25, 0.3) is 66.1 Å². The van der Waals surface area contributed by atoms with Gasteiger partial charge in [0.15, 0.2) is 0 Å². The number of anilines is 6. The van der Waals surface area contributed by atoms with Gasteiger partial charge < -0.3 is 9.80 Å². The summed E-state index contributed by atoms with van der Waals surface area (Å²) in [5, 5.41) is 4.66. The third-order valence-electron chi connectivity index (χ3n) is 15.4. The van der Waals surface area contributed by atoms with Gasteiger partial charge in [0.1, 0.15) is 0 Å². The summed E-state index contributed by atoms with van der Waals surface area (Å²) in [6.45, 7) is 9.44. The van der Waals surface area contributed by atoms with Gasteiger partial charge in [-0.2, -0.15) is 0 Å². The van der Waals surface area contributed by atoms with Crippen molar-refractivity contribution in [3.8, 4) is 44.5 Å². The molecule has 0 amide bonds. The standard InChI is InChI=1S/C68H52N2/c1-67(2)61-30-18-16-26-53(61)58-43-51(37-40-63(58)67)69(49-24-12-7-13-25-49)66-56-29-15-14-28-55(56)65(57-39-34-48(42-60(57)66)46-22-10-6-11-23-46)70(50-35-32-47(33-36-50)45-20-8-5-9-21-45)52-38-41-64-59(44-52)54-27-17-19-31-62(54)68(64,3)4/h5-44H,1-4H3. The first-order valence-electron chi connectivity index (χ1n) is 24.6. The van der Waals surface area contributed by atoms with Gasteiger partial charge in [0.25, 0.3) is 0 Å². The molecule has 0 saturated heterocycles. The highest BCUT2D eigenvalue weighted by Crippen LogP contribution is 2.56. The maximum atomic E-state index is 2.53. The van der Waals surface area contributed by atoms with Crippen LogP contribution in [0.5, 0.6) is 0 Å². The lowest BCUT2D eigenvalue weighted by Crippen LogP contribution is -2.16. The number of fused-ring (bicyclic) bond motifs is 8. The third-order valence-corrected chi connectivity index (χ3v) is 15.4. The monoisotopic (exact) mass is 896 g/mol.